The summed E-state index contributed by atoms with van der Waals surface area (Å²) in [6.07, 6.45) is 2.84. The molecule has 4 nitrogen and oxygen atoms in total. The molecule has 2 aromatic rings. The molecule has 0 amide bonds. The Labute approximate surface area is 151 Å². The number of hydrazone groups is 2. The predicted octanol–water partition coefficient (Wildman–Crippen LogP) is 4.09. The van der Waals surface area contributed by atoms with E-state index in [1.54, 1.807) is 0 Å². The van der Waals surface area contributed by atoms with Gasteiger partial charge in [-0.2, -0.15) is 10.2 Å². The van der Waals surface area contributed by atoms with Crippen LogP contribution in [0.15, 0.2) is 70.9 Å². The van der Waals surface area contributed by atoms with Crippen LogP contribution in [0.4, 0.5) is 0 Å². The Morgan fingerprint density at radius 3 is 1.32 bits per heavy atom. The maximum atomic E-state index is 4.68. The van der Waals surface area contributed by atoms with Crippen LogP contribution in [-0.2, 0) is 0 Å². The SMILES string of the molecule is CN(C)N=C(CCCC(=NN(C)C)c1ccccc1)c1ccccc1. The zero-order valence-corrected chi connectivity index (χ0v) is 15.7. The minimum absolute atomic E-state index is 0.918. The van der Waals surface area contributed by atoms with Crippen LogP contribution in [0.2, 0.25) is 0 Å². The normalized spacial score (nSPS) is 12.2. The molecule has 0 atom stereocenters. The maximum absolute atomic E-state index is 4.68. The molecule has 0 spiro atoms. The van der Waals surface area contributed by atoms with Crippen molar-refractivity contribution >= 4 is 11.4 Å². The first-order chi connectivity index (χ1) is 12.1. The molecule has 0 saturated heterocycles. The van der Waals surface area contributed by atoms with Crippen molar-refractivity contribution < 1.29 is 0 Å². The van der Waals surface area contributed by atoms with E-state index in [9.17, 15) is 0 Å². The number of nitrogens with zero attached hydrogens (tertiary/aromatic N) is 4. The van der Waals surface area contributed by atoms with Crippen molar-refractivity contribution in [1.29, 1.82) is 0 Å². The van der Waals surface area contributed by atoms with Crippen molar-refractivity contribution in [2.45, 2.75) is 19.3 Å². The van der Waals surface area contributed by atoms with Gasteiger partial charge < -0.3 is 10.0 Å². The maximum Gasteiger partial charge on any atom is 0.0677 e. The molecular formula is C21H28N4. The van der Waals surface area contributed by atoms with E-state index >= 15 is 0 Å². The Kier molecular flexibility index (Phi) is 7.20. The van der Waals surface area contributed by atoms with Crippen LogP contribution in [0.25, 0.3) is 0 Å². The topological polar surface area (TPSA) is 31.2 Å². The fourth-order valence-corrected chi connectivity index (χ4v) is 2.67. The zero-order valence-electron chi connectivity index (χ0n) is 15.7. The molecule has 4 heteroatoms. The molecule has 2 aromatic carbocycles. The Hall–Kier alpha value is -2.62. The fraction of sp³-hybridized carbons (Fsp3) is 0.333. The van der Waals surface area contributed by atoms with Crippen molar-refractivity contribution in [3.8, 4) is 0 Å². The van der Waals surface area contributed by atoms with Crippen LogP contribution in [0.1, 0.15) is 30.4 Å². The summed E-state index contributed by atoms with van der Waals surface area (Å²) in [5.41, 5.74) is 4.59. The molecule has 25 heavy (non-hydrogen) atoms. The first-order valence-electron chi connectivity index (χ1n) is 8.66. The van der Waals surface area contributed by atoms with Gasteiger partial charge in [-0.05, 0) is 30.4 Å². The molecule has 0 aliphatic heterocycles. The number of hydrogen-bond acceptors (Lipinski definition) is 4. The molecule has 0 unspecified atom stereocenters. The molecule has 0 aliphatic rings. The third kappa shape index (κ3) is 6.42. The predicted molar refractivity (Wildman–Crippen MR) is 107 cm³/mol. The minimum atomic E-state index is 0.918. The first-order valence-corrected chi connectivity index (χ1v) is 8.66. The molecular weight excluding hydrogens is 308 g/mol. The van der Waals surface area contributed by atoms with Crippen LogP contribution in [0, 0.1) is 0 Å². The van der Waals surface area contributed by atoms with Gasteiger partial charge in [0.2, 0.25) is 0 Å². The lowest BCUT2D eigenvalue weighted by atomic mass is 10.0. The summed E-state index contributed by atoms with van der Waals surface area (Å²) in [4.78, 5) is 0. The van der Waals surface area contributed by atoms with E-state index in [1.165, 1.54) is 11.1 Å². The van der Waals surface area contributed by atoms with Crippen molar-refractivity contribution in [2.75, 3.05) is 28.2 Å². The van der Waals surface area contributed by atoms with Gasteiger partial charge in [0.15, 0.2) is 0 Å². The van der Waals surface area contributed by atoms with Gasteiger partial charge in [0.1, 0.15) is 0 Å². The highest BCUT2D eigenvalue weighted by atomic mass is 15.4. The minimum Gasteiger partial charge on any atom is -0.303 e. The van der Waals surface area contributed by atoms with Gasteiger partial charge in [-0.15, -0.1) is 0 Å². The van der Waals surface area contributed by atoms with E-state index in [-0.39, 0.29) is 0 Å². The van der Waals surface area contributed by atoms with Gasteiger partial charge in [-0.3, -0.25) is 0 Å². The molecule has 132 valence electrons. The highest BCUT2D eigenvalue weighted by molar-refractivity contribution is 6.02. The number of benzene rings is 2. The highest BCUT2D eigenvalue weighted by Crippen LogP contribution is 2.13. The van der Waals surface area contributed by atoms with Gasteiger partial charge in [0, 0.05) is 28.2 Å². The van der Waals surface area contributed by atoms with Crippen molar-refractivity contribution in [1.82, 2.24) is 10.0 Å². The largest absolute Gasteiger partial charge is 0.303 e. The Morgan fingerprint density at radius 2 is 1.00 bits per heavy atom. The van der Waals surface area contributed by atoms with Crippen LogP contribution in [-0.4, -0.2) is 49.6 Å². The summed E-state index contributed by atoms with van der Waals surface area (Å²) >= 11 is 0. The van der Waals surface area contributed by atoms with E-state index in [1.807, 2.05) is 50.3 Å². The Bertz CT molecular complexity index is 627. The first kappa shape index (κ1) is 18.7. The molecule has 0 aliphatic carbocycles. The van der Waals surface area contributed by atoms with E-state index in [0.717, 1.165) is 30.7 Å². The molecule has 2 rings (SSSR count). The average Bonchev–Trinajstić information content (AvgIpc) is 2.61. The molecule has 0 heterocycles. The summed E-state index contributed by atoms with van der Waals surface area (Å²) in [5, 5.41) is 13.1. The highest BCUT2D eigenvalue weighted by Gasteiger charge is 2.08. The molecule has 0 saturated carbocycles. The monoisotopic (exact) mass is 336 g/mol. The summed E-state index contributed by atoms with van der Waals surface area (Å²) in [7, 11) is 7.86. The van der Waals surface area contributed by atoms with Gasteiger partial charge in [0.25, 0.3) is 0 Å². The smallest absolute Gasteiger partial charge is 0.0677 e. The molecule has 0 bridgehead atoms. The van der Waals surface area contributed by atoms with Crippen molar-refractivity contribution in [3.05, 3.63) is 71.8 Å². The second-order valence-electron chi connectivity index (χ2n) is 6.37. The number of rotatable bonds is 8. The van der Waals surface area contributed by atoms with Gasteiger partial charge in [-0.1, -0.05) is 60.7 Å². The quantitative estimate of drug-likeness (QED) is 0.537. The Morgan fingerprint density at radius 1 is 0.640 bits per heavy atom. The van der Waals surface area contributed by atoms with Crippen LogP contribution in [0.3, 0.4) is 0 Å². The van der Waals surface area contributed by atoms with E-state index in [0.29, 0.717) is 0 Å². The van der Waals surface area contributed by atoms with Crippen LogP contribution in [0.5, 0.6) is 0 Å². The lowest BCUT2D eigenvalue weighted by Crippen LogP contribution is -2.13. The summed E-state index contributed by atoms with van der Waals surface area (Å²) in [6, 6.07) is 20.8. The summed E-state index contributed by atoms with van der Waals surface area (Å²) in [5.74, 6) is 0. The fourth-order valence-electron chi connectivity index (χ4n) is 2.67. The molecule has 0 radical (unpaired) electrons. The van der Waals surface area contributed by atoms with Gasteiger partial charge in [0.05, 0.1) is 11.4 Å². The molecule has 0 fully saturated rings. The van der Waals surface area contributed by atoms with Gasteiger partial charge >= 0.3 is 0 Å². The van der Waals surface area contributed by atoms with E-state index in [4.69, 9.17) is 0 Å². The summed E-state index contributed by atoms with van der Waals surface area (Å²) < 4.78 is 0. The zero-order chi connectivity index (χ0) is 18.1. The Balaban J connectivity index is 2.09. The lowest BCUT2D eigenvalue weighted by Gasteiger charge is -2.13. The van der Waals surface area contributed by atoms with Crippen LogP contribution >= 0.6 is 0 Å². The molecule has 0 aromatic heterocycles. The van der Waals surface area contributed by atoms with Gasteiger partial charge in [-0.25, -0.2) is 0 Å². The average molecular weight is 336 g/mol. The van der Waals surface area contributed by atoms with Crippen molar-refractivity contribution in [3.63, 3.8) is 0 Å². The van der Waals surface area contributed by atoms with Crippen LogP contribution < -0.4 is 0 Å². The number of hydrogen-bond donors (Lipinski definition) is 0. The molecule has 0 N–H and O–H groups in total. The third-order valence-electron chi connectivity index (χ3n) is 3.68. The van der Waals surface area contributed by atoms with Crippen molar-refractivity contribution in [2.24, 2.45) is 10.2 Å². The lowest BCUT2D eigenvalue weighted by molar-refractivity contribution is 0.435. The second kappa shape index (κ2) is 9.62. The second-order valence-corrected chi connectivity index (χ2v) is 6.37. The standard InChI is InChI=1S/C21H28N4/c1-24(2)22-20(18-12-7-5-8-13-18)16-11-17-21(23-25(3)4)19-14-9-6-10-15-19/h5-10,12-15H,11,16-17H2,1-4H3. The van der Waals surface area contributed by atoms with E-state index in [2.05, 4.69) is 58.7 Å². The third-order valence-corrected chi connectivity index (χ3v) is 3.68. The van der Waals surface area contributed by atoms with E-state index < -0.39 is 0 Å². The summed E-state index contributed by atoms with van der Waals surface area (Å²) in [6.45, 7) is 0.